The predicted molar refractivity (Wildman–Crippen MR) is 56.6 cm³/mol. The first-order valence-electron chi connectivity index (χ1n) is 4.78. The highest BCUT2D eigenvalue weighted by Crippen LogP contribution is 1.90. The van der Waals surface area contributed by atoms with Crippen molar-refractivity contribution in [3.05, 3.63) is 22.7 Å². The quantitative estimate of drug-likeness (QED) is 0.623. The Bertz CT molecular complexity index is 374. The van der Waals surface area contributed by atoms with Gasteiger partial charge in [0.25, 0.3) is 5.56 Å². The summed E-state index contributed by atoms with van der Waals surface area (Å²) in [6, 6.07) is 0. The number of rotatable bonds is 5. The summed E-state index contributed by atoms with van der Waals surface area (Å²) in [6.45, 7) is 2.86. The van der Waals surface area contributed by atoms with E-state index in [0.29, 0.717) is 19.5 Å². The minimum atomic E-state index is -0.284. The molecule has 0 saturated carbocycles. The summed E-state index contributed by atoms with van der Waals surface area (Å²) in [5.41, 5.74) is -0.284. The van der Waals surface area contributed by atoms with Gasteiger partial charge in [-0.3, -0.25) is 9.59 Å². The Morgan fingerprint density at radius 3 is 3.07 bits per heavy atom. The second-order valence-corrected chi connectivity index (χ2v) is 2.90. The number of amides is 1. The number of nitrogens with one attached hydrogen (secondary N) is 3. The van der Waals surface area contributed by atoms with Crippen LogP contribution in [-0.2, 0) is 4.79 Å². The molecule has 0 fully saturated rings. The van der Waals surface area contributed by atoms with Crippen LogP contribution in [0.2, 0.25) is 0 Å². The van der Waals surface area contributed by atoms with Crippen LogP contribution in [0, 0.1) is 0 Å². The van der Waals surface area contributed by atoms with Gasteiger partial charge in [0.2, 0.25) is 5.91 Å². The van der Waals surface area contributed by atoms with Crippen LogP contribution in [0.1, 0.15) is 13.3 Å². The molecule has 82 valence electrons. The molecule has 0 spiro atoms. The number of nitrogens with zero attached hydrogens (tertiary/aromatic N) is 1. The third kappa shape index (κ3) is 3.80. The molecule has 0 bridgehead atoms. The second kappa shape index (κ2) is 5.79. The van der Waals surface area contributed by atoms with Crippen LogP contribution in [0.3, 0.4) is 0 Å². The van der Waals surface area contributed by atoms with E-state index >= 15 is 0 Å². The van der Waals surface area contributed by atoms with Crippen molar-refractivity contribution in [2.45, 2.75) is 13.3 Å². The molecule has 0 aliphatic carbocycles. The first-order chi connectivity index (χ1) is 7.24. The molecular weight excluding hydrogens is 196 g/mol. The Labute approximate surface area is 87.1 Å². The molecule has 1 amide bonds. The maximum atomic E-state index is 11.1. The van der Waals surface area contributed by atoms with Gasteiger partial charge in [-0.15, -0.1) is 0 Å². The van der Waals surface area contributed by atoms with Crippen LogP contribution in [0.25, 0.3) is 0 Å². The van der Waals surface area contributed by atoms with E-state index < -0.39 is 0 Å². The molecule has 0 aliphatic rings. The van der Waals surface area contributed by atoms with Crippen molar-refractivity contribution in [2.75, 3.05) is 18.4 Å². The van der Waals surface area contributed by atoms with Crippen molar-refractivity contribution < 1.29 is 4.79 Å². The van der Waals surface area contributed by atoms with E-state index in [4.69, 9.17) is 0 Å². The molecule has 1 aromatic heterocycles. The predicted octanol–water partition coefficient (Wildman–Crippen LogP) is -0.292. The molecule has 0 radical (unpaired) electrons. The Morgan fingerprint density at radius 1 is 1.60 bits per heavy atom. The standard InChI is InChI=1S/C9H14N4O2/c1-2-10-7(14)3-4-11-8-9(15)13-6-5-12-8/h5-6H,2-4H2,1H3,(H,10,14)(H,11,12)(H,13,15). The molecule has 0 aromatic carbocycles. The molecule has 6 heteroatoms. The zero-order chi connectivity index (χ0) is 11.1. The van der Waals surface area contributed by atoms with E-state index in [2.05, 4.69) is 20.6 Å². The van der Waals surface area contributed by atoms with Gasteiger partial charge in [0.1, 0.15) is 0 Å². The minimum absolute atomic E-state index is 0.0441. The van der Waals surface area contributed by atoms with Crippen molar-refractivity contribution >= 4 is 11.7 Å². The number of carbonyl (C=O) groups excluding carboxylic acids is 1. The van der Waals surface area contributed by atoms with E-state index in [9.17, 15) is 9.59 Å². The van der Waals surface area contributed by atoms with Crippen molar-refractivity contribution in [1.29, 1.82) is 0 Å². The maximum Gasteiger partial charge on any atom is 0.290 e. The number of hydrogen-bond acceptors (Lipinski definition) is 4. The Kier molecular flexibility index (Phi) is 4.33. The van der Waals surface area contributed by atoms with Gasteiger partial charge in [-0.2, -0.15) is 0 Å². The average Bonchev–Trinajstić information content (AvgIpc) is 2.21. The smallest absolute Gasteiger partial charge is 0.290 e. The molecule has 0 aliphatic heterocycles. The Morgan fingerprint density at radius 2 is 2.40 bits per heavy atom. The van der Waals surface area contributed by atoms with Crippen LogP contribution < -0.4 is 16.2 Å². The normalized spacial score (nSPS) is 9.67. The summed E-state index contributed by atoms with van der Waals surface area (Å²) in [5, 5.41) is 5.45. The first-order valence-corrected chi connectivity index (χ1v) is 4.78. The molecule has 1 rings (SSSR count). The molecule has 0 saturated heterocycles. The number of H-pyrrole nitrogens is 1. The summed E-state index contributed by atoms with van der Waals surface area (Å²) in [6.07, 6.45) is 3.26. The van der Waals surface area contributed by atoms with E-state index in [1.54, 1.807) is 0 Å². The van der Waals surface area contributed by atoms with Gasteiger partial charge in [-0.1, -0.05) is 0 Å². The van der Waals surface area contributed by atoms with Crippen molar-refractivity contribution in [2.24, 2.45) is 0 Å². The highest BCUT2D eigenvalue weighted by atomic mass is 16.1. The van der Waals surface area contributed by atoms with Crippen LogP contribution in [0.4, 0.5) is 5.82 Å². The Hall–Kier alpha value is -1.85. The number of anilines is 1. The van der Waals surface area contributed by atoms with Crippen LogP contribution in [0.5, 0.6) is 0 Å². The van der Waals surface area contributed by atoms with E-state index in [-0.39, 0.29) is 17.3 Å². The van der Waals surface area contributed by atoms with Gasteiger partial charge >= 0.3 is 0 Å². The van der Waals surface area contributed by atoms with Gasteiger partial charge < -0.3 is 15.6 Å². The first kappa shape index (κ1) is 11.2. The largest absolute Gasteiger partial charge is 0.365 e. The average molecular weight is 210 g/mol. The van der Waals surface area contributed by atoms with E-state index in [1.165, 1.54) is 12.4 Å². The van der Waals surface area contributed by atoms with Gasteiger partial charge in [0.15, 0.2) is 5.82 Å². The summed E-state index contributed by atoms with van der Waals surface area (Å²) in [4.78, 5) is 28.5. The number of carbonyl (C=O) groups is 1. The van der Waals surface area contributed by atoms with Gasteiger partial charge in [-0.25, -0.2) is 4.98 Å². The summed E-state index contributed by atoms with van der Waals surface area (Å²) in [7, 11) is 0. The minimum Gasteiger partial charge on any atom is -0.365 e. The lowest BCUT2D eigenvalue weighted by atomic mass is 10.4. The molecular formula is C9H14N4O2. The fourth-order valence-corrected chi connectivity index (χ4v) is 1.06. The zero-order valence-electron chi connectivity index (χ0n) is 8.54. The summed E-state index contributed by atoms with van der Waals surface area (Å²) < 4.78 is 0. The lowest BCUT2D eigenvalue weighted by Crippen LogP contribution is -2.26. The fraction of sp³-hybridized carbons (Fsp3) is 0.444. The van der Waals surface area contributed by atoms with Crippen molar-refractivity contribution in [1.82, 2.24) is 15.3 Å². The Balaban J connectivity index is 2.35. The topological polar surface area (TPSA) is 86.9 Å². The van der Waals surface area contributed by atoms with Crippen LogP contribution in [-0.4, -0.2) is 29.0 Å². The maximum absolute atomic E-state index is 11.1. The van der Waals surface area contributed by atoms with Crippen LogP contribution >= 0.6 is 0 Å². The second-order valence-electron chi connectivity index (χ2n) is 2.90. The van der Waals surface area contributed by atoms with Crippen molar-refractivity contribution in [3.63, 3.8) is 0 Å². The molecule has 6 nitrogen and oxygen atoms in total. The monoisotopic (exact) mass is 210 g/mol. The fourth-order valence-electron chi connectivity index (χ4n) is 1.06. The molecule has 1 heterocycles. The number of hydrogen-bond donors (Lipinski definition) is 3. The van der Waals surface area contributed by atoms with Crippen molar-refractivity contribution in [3.8, 4) is 0 Å². The highest BCUT2D eigenvalue weighted by molar-refractivity contribution is 5.76. The summed E-state index contributed by atoms with van der Waals surface area (Å²) >= 11 is 0. The lowest BCUT2D eigenvalue weighted by Gasteiger charge is -2.03. The van der Waals surface area contributed by atoms with E-state index in [0.717, 1.165) is 0 Å². The van der Waals surface area contributed by atoms with Gasteiger partial charge in [-0.05, 0) is 6.92 Å². The number of aromatic amines is 1. The molecule has 15 heavy (non-hydrogen) atoms. The number of aromatic nitrogens is 2. The molecule has 1 aromatic rings. The zero-order valence-corrected chi connectivity index (χ0v) is 8.54. The lowest BCUT2D eigenvalue weighted by molar-refractivity contribution is -0.120. The van der Waals surface area contributed by atoms with Gasteiger partial charge in [0.05, 0.1) is 0 Å². The third-order valence-electron chi connectivity index (χ3n) is 1.73. The van der Waals surface area contributed by atoms with Gasteiger partial charge in [0, 0.05) is 31.9 Å². The molecule has 0 atom stereocenters. The molecule has 0 unspecified atom stereocenters. The van der Waals surface area contributed by atoms with E-state index in [1.807, 2.05) is 6.92 Å². The SMILES string of the molecule is CCNC(=O)CCNc1ncc[nH]c1=O. The summed E-state index contributed by atoms with van der Waals surface area (Å²) in [5.74, 6) is 0.194. The highest BCUT2D eigenvalue weighted by Gasteiger charge is 2.01. The third-order valence-corrected chi connectivity index (χ3v) is 1.73. The van der Waals surface area contributed by atoms with Crippen LogP contribution in [0.15, 0.2) is 17.2 Å². The molecule has 3 N–H and O–H groups in total.